The fraction of sp³-hybridized carbons (Fsp3) is 0.0667. The number of hydrogen-bond acceptors (Lipinski definition) is 4. The topological polar surface area (TPSA) is 83.0 Å². The van der Waals surface area contributed by atoms with Crippen molar-refractivity contribution in [1.82, 2.24) is 5.43 Å². The molecular weight excluding hydrogens is 270 g/mol. The van der Waals surface area contributed by atoms with Gasteiger partial charge in [-0.05, 0) is 24.3 Å². The van der Waals surface area contributed by atoms with Crippen molar-refractivity contribution in [3.05, 3.63) is 54.1 Å². The lowest BCUT2D eigenvalue weighted by molar-refractivity contribution is 0.252. The van der Waals surface area contributed by atoms with Gasteiger partial charge >= 0.3 is 6.03 Å². The Morgan fingerprint density at radius 2 is 1.95 bits per heavy atom. The van der Waals surface area contributed by atoms with Crippen LogP contribution in [0.4, 0.5) is 10.5 Å². The van der Waals surface area contributed by atoms with E-state index in [1.54, 1.807) is 30.3 Å². The highest BCUT2D eigenvalue weighted by atomic mass is 16.5. The van der Waals surface area contributed by atoms with E-state index < -0.39 is 6.03 Å². The van der Waals surface area contributed by atoms with Crippen LogP contribution >= 0.6 is 0 Å². The first-order valence-electron chi connectivity index (χ1n) is 6.22. The van der Waals surface area contributed by atoms with Gasteiger partial charge in [-0.3, -0.25) is 0 Å². The van der Waals surface area contributed by atoms with Gasteiger partial charge in [-0.15, -0.1) is 0 Å². The highest BCUT2D eigenvalue weighted by Gasteiger charge is 2.05. The van der Waals surface area contributed by atoms with Gasteiger partial charge in [-0.25, -0.2) is 10.2 Å². The first kappa shape index (κ1) is 14.4. The Bertz CT molecular complexity index is 642. The van der Waals surface area contributed by atoms with E-state index in [9.17, 15) is 9.90 Å². The summed E-state index contributed by atoms with van der Waals surface area (Å²) in [6.45, 7) is 0. The molecule has 3 N–H and O–H groups in total. The third-order valence-corrected chi connectivity index (χ3v) is 2.65. The van der Waals surface area contributed by atoms with Crippen molar-refractivity contribution < 1.29 is 14.6 Å². The van der Waals surface area contributed by atoms with Crippen LogP contribution in [0.15, 0.2) is 53.6 Å². The van der Waals surface area contributed by atoms with Crippen LogP contribution in [0.1, 0.15) is 5.56 Å². The van der Waals surface area contributed by atoms with Gasteiger partial charge in [0.2, 0.25) is 0 Å². The summed E-state index contributed by atoms with van der Waals surface area (Å²) in [5, 5.41) is 16.2. The maximum Gasteiger partial charge on any atom is 0.339 e. The van der Waals surface area contributed by atoms with Crippen LogP contribution < -0.4 is 15.5 Å². The Kier molecular flexibility index (Phi) is 4.76. The number of nitrogens with one attached hydrogen (secondary N) is 2. The predicted octanol–water partition coefficient (Wildman–Crippen LogP) is 2.56. The number of benzene rings is 2. The van der Waals surface area contributed by atoms with Gasteiger partial charge in [0.05, 0.1) is 13.3 Å². The maximum absolute atomic E-state index is 11.6. The fourth-order valence-corrected chi connectivity index (χ4v) is 1.65. The molecule has 0 aliphatic carbocycles. The van der Waals surface area contributed by atoms with Gasteiger partial charge in [0.25, 0.3) is 0 Å². The summed E-state index contributed by atoms with van der Waals surface area (Å²) >= 11 is 0. The van der Waals surface area contributed by atoms with Gasteiger partial charge in [-0.2, -0.15) is 5.10 Å². The second-order valence-corrected chi connectivity index (χ2v) is 4.09. The van der Waals surface area contributed by atoms with E-state index in [1.165, 1.54) is 13.3 Å². The molecule has 0 unspecified atom stereocenters. The second kappa shape index (κ2) is 6.95. The summed E-state index contributed by atoms with van der Waals surface area (Å²) in [5.74, 6) is 0.307. The molecule has 0 atom stereocenters. The molecule has 108 valence electrons. The number of aromatic hydroxyl groups is 1. The number of nitrogens with zero attached hydrogens (tertiary/aromatic N) is 1. The van der Waals surface area contributed by atoms with Gasteiger partial charge < -0.3 is 15.2 Å². The summed E-state index contributed by atoms with van der Waals surface area (Å²) < 4.78 is 4.98. The molecule has 0 bridgehead atoms. The molecular formula is C15H15N3O3. The van der Waals surface area contributed by atoms with Crippen molar-refractivity contribution in [2.45, 2.75) is 0 Å². The van der Waals surface area contributed by atoms with Gasteiger partial charge in [0.15, 0.2) is 11.5 Å². The van der Waals surface area contributed by atoms with E-state index in [1.807, 2.05) is 18.2 Å². The quantitative estimate of drug-likeness (QED) is 0.596. The Morgan fingerprint density at radius 1 is 1.19 bits per heavy atom. The number of rotatable bonds is 4. The third-order valence-electron chi connectivity index (χ3n) is 2.65. The normalized spacial score (nSPS) is 10.3. The Hall–Kier alpha value is -3.02. The van der Waals surface area contributed by atoms with Gasteiger partial charge in [0, 0.05) is 11.3 Å². The van der Waals surface area contributed by atoms with Gasteiger partial charge in [0.1, 0.15) is 0 Å². The van der Waals surface area contributed by atoms with Crippen molar-refractivity contribution in [2.75, 3.05) is 12.4 Å². The molecule has 2 aromatic rings. The van der Waals surface area contributed by atoms with Crippen LogP contribution in [0.2, 0.25) is 0 Å². The molecule has 21 heavy (non-hydrogen) atoms. The number of methoxy groups -OCH3 is 1. The first-order valence-corrected chi connectivity index (χ1v) is 6.22. The molecule has 0 spiro atoms. The van der Waals surface area contributed by atoms with Crippen LogP contribution in [-0.2, 0) is 0 Å². The van der Waals surface area contributed by atoms with E-state index in [0.29, 0.717) is 17.0 Å². The van der Waals surface area contributed by atoms with Crippen LogP contribution in [0, 0.1) is 0 Å². The number of carbonyl (C=O) groups excluding carboxylic acids is 1. The van der Waals surface area contributed by atoms with Crippen molar-refractivity contribution in [3.8, 4) is 11.5 Å². The lowest BCUT2D eigenvalue weighted by Gasteiger charge is -2.05. The van der Waals surface area contributed by atoms with E-state index in [0.717, 1.165) is 0 Å². The average Bonchev–Trinajstić information content (AvgIpc) is 2.50. The van der Waals surface area contributed by atoms with Crippen LogP contribution in [0.5, 0.6) is 11.5 Å². The molecule has 0 fully saturated rings. The number of anilines is 1. The number of urea groups is 1. The van der Waals surface area contributed by atoms with Crippen LogP contribution in [-0.4, -0.2) is 24.5 Å². The summed E-state index contributed by atoms with van der Waals surface area (Å²) in [5.41, 5.74) is 3.41. The zero-order valence-electron chi connectivity index (χ0n) is 11.4. The third kappa shape index (κ3) is 3.97. The molecule has 0 heterocycles. The summed E-state index contributed by atoms with van der Waals surface area (Å²) in [6.07, 6.45) is 1.34. The molecule has 0 radical (unpaired) electrons. The number of hydrogen-bond donors (Lipinski definition) is 3. The molecule has 0 aliphatic heterocycles. The minimum atomic E-state index is -0.472. The number of phenols is 1. The molecule has 0 aliphatic rings. The number of hydrazone groups is 1. The largest absolute Gasteiger partial charge is 0.504 e. The lowest BCUT2D eigenvalue weighted by Crippen LogP contribution is -2.24. The number of carbonyl (C=O) groups is 1. The van der Waals surface area contributed by atoms with Gasteiger partial charge in [-0.1, -0.05) is 24.3 Å². The Labute approximate surface area is 122 Å². The van der Waals surface area contributed by atoms with Crippen LogP contribution in [0.25, 0.3) is 0 Å². The highest BCUT2D eigenvalue weighted by Crippen LogP contribution is 2.27. The van der Waals surface area contributed by atoms with Crippen molar-refractivity contribution in [2.24, 2.45) is 5.10 Å². The fourth-order valence-electron chi connectivity index (χ4n) is 1.65. The molecule has 6 heteroatoms. The summed E-state index contributed by atoms with van der Waals surface area (Å²) in [7, 11) is 1.46. The second-order valence-electron chi connectivity index (χ2n) is 4.09. The minimum absolute atomic E-state index is 0.0333. The maximum atomic E-state index is 11.6. The zero-order chi connectivity index (χ0) is 15.1. The van der Waals surface area contributed by atoms with E-state index in [2.05, 4.69) is 15.8 Å². The monoisotopic (exact) mass is 285 g/mol. The number of ether oxygens (including phenoxy) is 1. The number of para-hydroxylation sites is 2. The highest BCUT2D eigenvalue weighted by molar-refractivity contribution is 5.91. The SMILES string of the molecule is COc1cccc(/C=N\NC(=O)Nc2ccccc2)c1O. The van der Waals surface area contributed by atoms with E-state index >= 15 is 0 Å². The first-order chi connectivity index (χ1) is 10.2. The summed E-state index contributed by atoms with van der Waals surface area (Å²) in [4.78, 5) is 11.6. The molecule has 6 nitrogen and oxygen atoms in total. The average molecular weight is 285 g/mol. The Morgan fingerprint density at radius 3 is 2.67 bits per heavy atom. The van der Waals surface area contributed by atoms with Crippen molar-refractivity contribution >= 4 is 17.9 Å². The standard InChI is InChI=1S/C15H15N3O3/c1-21-13-9-5-6-11(14(13)19)10-16-18-15(20)17-12-7-3-2-4-8-12/h2-10,19H,1H3,(H2,17,18,20)/b16-10-. The zero-order valence-corrected chi connectivity index (χ0v) is 11.4. The van der Waals surface area contributed by atoms with Crippen LogP contribution in [0.3, 0.4) is 0 Å². The number of phenolic OH excluding ortho intramolecular Hbond substituents is 1. The van der Waals surface area contributed by atoms with E-state index in [4.69, 9.17) is 4.74 Å². The lowest BCUT2D eigenvalue weighted by atomic mass is 10.2. The smallest absolute Gasteiger partial charge is 0.339 e. The summed E-state index contributed by atoms with van der Waals surface area (Å²) in [6, 6.07) is 13.5. The predicted molar refractivity (Wildman–Crippen MR) is 80.8 cm³/mol. The molecule has 2 rings (SSSR count). The Balaban J connectivity index is 1.95. The van der Waals surface area contributed by atoms with Crippen molar-refractivity contribution in [1.29, 1.82) is 0 Å². The molecule has 0 saturated carbocycles. The number of amides is 2. The molecule has 0 saturated heterocycles. The molecule has 2 amide bonds. The van der Waals surface area contributed by atoms with Crippen molar-refractivity contribution in [3.63, 3.8) is 0 Å². The molecule has 0 aromatic heterocycles. The van der Waals surface area contributed by atoms with E-state index in [-0.39, 0.29) is 5.75 Å². The molecule has 2 aromatic carbocycles. The minimum Gasteiger partial charge on any atom is -0.504 e.